The Morgan fingerprint density at radius 3 is 2.28 bits per heavy atom. The van der Waals surface area contributed by atoms with Crippen LogP contribution in [0.15, 0.2) is 35.2 Å². The van der Waals surface area contributed by atoms with Crippen molar-refractivity contribution in [1.29, 1.82) is 0 Å². The number of anilines is 1. The molecule has 0 aliphatic heterocycles. The van der Waals surface area contributed by atoms with Crippen molar-refractivity contribution in [2.45, 2.75) is 31.2 Å². The molecule has 0 radical (unpaired) electrons. The number of rotatable bonds is 6. The van der Waals surface area contributed by atoms with E-state index >= 15 is 0 Å². The van der Waals surface area contributed by atoms with E-state index in [0.717, 1.165) is 17.0 Å². The van der Waals surface area contributed by atoms with Crippen molar-refractivity contribution in [2.75, 3.05) is 18.9 Å². The average molecular weight is 492 g/mol. The van der Waals surface area contributed by atoms with Crippen LogP contribution in [-0.4, -0.2) is 44.3 Å². The summed E-state index contributed by atoms with van der Waals surface area (Å²) in [7, 11) is -2.80. The number of carbonyl (C=O) groups excluding carboxylic acids is 2. The summed E-state index contributed by atoms with van der Waals surface area (Å²) in [5.74, 6) is -6.35. The van der Waals surface area contributed by atoms with E-state index in [1.165, 1.54) is 19.2 Å². The second-order valence-electron chi connectivity index (χ2n) is 7.93. The van der Waals surface area contributed by atoms with Gasteiger partial charge < -0.3 is 10.2 Å². The summed E-state index contributed by atoms with van der Waals surface area (Å²) in [6, 6.07) is 5.07. The van der Waals surface area contributed by atoms with Gasteiger partial charge in [0.15, 0.2) is 17.5 Å². The fraction of sp³-hybridized carbons (Fsp3) is 0.300. The van der Waals surface area contributed by atoms with Crippen LogP contribution < -0.4 is 10.0 Å². The lowest BCUT2D eigenvalue weighted by molar-refractivity contribution is -0.116. The molecule has 0 saturated heterocycles. The van der Waals surface area contributed by atoms with E-state index in [1.54, 1.807) is 20.8 Å². The highest BCUT2D eigenvalue weighted by Crippen LogP contribution is 2.25. The van der Waals surface area contributed by atoms with E-state index in [9.17, 15) is 31.2 Å². The maximum Gasteiger partial charge on any atom is 0.254 e. The highest BCUT2D eigenvalue weighted by molar-refractivity contribution is 7.89. The predicted molar refractivity (Wildman–Crippen MR) is 113 cm³/mol. The normalized spacial score (nSPS) is 11.9. The van der Waals surface area contributed by atoms with Gasteiger partial charge in [0.25, 0.3) is 5.91 Å². The van der Waals surface area contributed by atoms with Crippen molar-refractivity contribution in [2.24, 2.45) is 0 Å². The second kappa shape index (κ2) is 9.47. The molecule has 12 heteroatoms. The molecule has 7 nitrogen and oxygen atoms in total. The number of nitrogens with one attached hydrogen (secondary N) is 2. The predicted octanol–water partition coefficient (Wildman–Crippen LogP) is 3.54. The topological polar surface area (TPSA) is 95.6 Å². The van der Waals surface area contributed by atoms with E-state index in [2.05, 4.69) is 4.72 Å². The van der Waals surface area contributed by atoms with Crippen LogP contribution in [0.25, 0.3) is 0 Å². The first-order chi connectivity index (χ1) is 14.6. The van der Waals surface area contributed by atoms with Crippen LogP contribution in [0.2, 0.25) is 5.02 Å². The van der Waals surface area contributed by atoms with E-state index in [-0.39, 0.29) is 15.5 Å². The number of nitrogens with zero attached hydrogens (tertiary/aromatic N) is 1. The van der Waals surface area contributed by atoms with Gasteiger partial charge in [0.05, 0.1) is 17.3 Å². The first-order valence-electron chi connectivity index (χ1n) is 9.15. The SMILES string of the molecule is CN(CC(=O)Nc1ccc(F)c(F)c1F)C(=O)c1ccc(Cl)c(S(=O)(=O)NC(C)(C)C)c1. The van der Waals surface area contributed by atoms with Gasteiger partial charge in [-0.2, -0.15) is 0 Å². The number of benzene rings is 2. The Bertz CT molecular complexity index is 1170. The first-order valence-corrected chi connectivity index (χ1v) is 11.0. The monoisotopic (exact) mass is 491 g/mol. The molecule has 0 atom stereocenters. The molecule has 0 saturated carbocycles. The summed E-state index contributed by atoms with van der Waals surface area (Å²) in [5.41, 5.74) is -1.47. The molecule has 174 valence electrons. The van der Waals surface area contributed by atoms with Gasteiger partial charge >= 0.3 is 0 Å². The number of hydrogen-bond donors (Lipinski definition) is 2. The van der Waals surface area contributed by atoms with Crippen LogP contribution in [0.3, 0.4) is 0 Å². The molecule has 32 heavy (non-hydrogen) atoms. The number of halogens is 4. The molecule has 0 spiro atoms. The summed E-state index contributed by atoms with van der Waals surface area (Å²) in [5, 5.41) is 1.94. The van der Waals surface area contributed by atoms with Crippen molar-refractivity contribution in [3.05, 3.63) is 58.4 Å². The molecule has 0 aromatic heterocycles. The van der Waals surface area contributed by atoms with Crippen molar-refractivity contribution in [1.82, 2.24) is 9.62 Å². The van der Waals surface area contributed by atoms with Gasteiger partial charge in [-0.3, -0.25) is 9.59 Å². The molecule has 0 heterocycles. The zero-order valence-electron chi connectivity index (χ0n) is 17.6. The lowest BCUT2D eigenvalue weighted by Gasteiger charge is -2.21. The summed E-state index contributed by atoms with van der Waals surface area (Å²) in [6.07, 6.45) is 0. The summed E-state index contributed by atoms with van der Waals surface area (Å²) in [4.78, 5) is 25.4. The molecule has 2 N–H and O–H groups in total. The van der Waals surface area contributed by atoms with Crippen LogP contribution in [0.4, 0.5) is 18.9 Å². The van der Waals surface area contributed by atoms with E-state index in [4.69, 9.17) is 11.6 Å². The molecule has 0 aliphatic carbocycles. The van der Waals surface area contributed by atoms with E-state index in [0.29, 0.717) is 6.07 Å². The third-order valence-corrected chi connectivity index (χ3v) is 6.18. The number of amides is 2. The Morgan fingerprint density at radius 1 is 1.06 bits per heavy atom. The summed E-state index contributed by atoms with van der Waals surface area (Å²) >= 11 is 6.01. The molecule has 0 bridgehead atoms. The Kier molecular flexibility index (Phi) is 7.59. The molecule has 0 fully saturated rings. The molecule has 2 aromatic carbocycles. The average Bonchev–Trinajstić information content (AvgIpc) is 2.66. The van der Waals surface area contributed by atoms with Gasteiger partial charge in [-0.1, -0.05) is 11.6 Å². The minimum Gasteiger partial charge on any atom is -0.332 e. The molecular formula is C20H21ClF3N3O4S. The molecule has 0 unspecified atom stereocenters. The molecule has 0 aliphatic rings. The lowest BCUT2D eigenvalue weighted by Crippen LogP contribution is -2.40. The van der Waals surface area contributed by atoms with E-state index in [1.807, 2.05) is 5.32 Å². The maximum absolute atomic E-state index is 13.7. The number of carbonyl (C=O) groups is 2. The van der Waals surface area contributed by atoms with Gasteiger partial charge in [-0.25, -0.2) is 26.3 Å². The second-order valence-corrected chi connectivity index (χ2v) is 9.99. The molecule has 2 aromatic rings. The van der Waals surface area contributed by atoms with Crippen molar-refractivity contribution < 1.29 is 31.2 Å². The largest absolute Gasteiger partial charge is 0.332 e. The fourth-order valence-corrected chi connectivity index (χ4v) is 4.57. The quantitative estimate of drug-likeness (QED) is 0.604. The van der Waals surface area contributed by atoms with Gasteiger partial charge in [0.1, 0.15) is 4.90 Å². The van der Waals surface area contributed by atoms with Crippen LogP contribution >= 0.6 is 11.6 Å². The van der Waals surface area contributed by atoms with Gasteiger partial charge in [0.2, 0.25) is 15.9 Å². The number of hydrogen-bond acceptors (Lipinski definition) is 4. The Labute approximate surface area is 188 Å². The minimum absolute atomic E-state index is 0.0713. The smallest absolute Gasteiger partial charge is 0.254 e. The van der Waals surface area contributed by atoms with Gasteiger partial charge in [-0.15, -0.1) is 0 Å². The van der Waals surface area contributed by atoms with Crippen molar-refractivity contribution >= 4 is 39.1 Å². The number of likely N-dealkylation sites (N-methyl/N-ethyl adjacent to an activating group) is 1. The molecule has 2 amide bonds. The molecule has 2 rings (SSSR count). The number of sulfonamides is 1. The third-order valence-electron chi connectivity index (χ3n) is 3.94. The van der Waals surface area contributed by atoms with Crippen LogP contribution in [-0.2, 0) is 14.8 Å². The zero-order chi connectivity index (χ0) is 24.4. The van der Waals surface area contributed by atoms with Crippen LogP contribution in [0, 0.1) is 17.5 Å². The van der Waals surface area contributed by atoms with Crippen LogP contribution in [0.5, 0.6) is 0 Å². The van der Waals surface area contributed by atoms with Crippen molar-refractivity contribution in [3.63, 3.8) is 0 Å². The Morgan fingerprint density at radius 2 is 1.69 bits per heavy atom. The highest BCUT2D eigenvalue weighted by Gasteiger charge is 2.26. The molecular weight excluding hydrogens is 471 g/mol. The Hall–Kier alpha value is -2.63. The summed E-state index contributed by atoms with van der Waals surface area (Å²) < 4.78 is 67.6. The van der Waals surface area contributed by atoms with E-state index < -0.39 is 57.1 Å². The van der Waals surface area contributed by atoms with Crippen molar-refractivity contribution in [3.8, 4) is 0 Å². The van der Waals surface area contributed by atoms with Gasteiger partial charge in [-0.05, 0) is 51.1 Å². The highest BCUT2D eigenvalue weighted by atomic mass is 35.5. The lowest BCUT2D eigenvalue weighted by atomic mass is 10.1. The summed E-state index contributed by atoms with van der Waals surface area (Å²) in [6.45, 7) is 4.32. The standard InChI is InChI=1S/C20H21ClF3N3O4S/c1-20(2,3)26-32(30,31)15-9-11(5-6-12(15)21)19(29)27(4)10-16(28)25-14-8-7-13(22)17(23)18(14)24/h5-9,26H,10H2,1-4H3,(H,25,28). The first kappa shape index (κ1) is 25.6. The fourth-order valence-electron chi connectivity index (χ4n) is 2.62. The Balaban J connectivity index is 2.19. The minimum atomic E-state index is -4.05. The van der Waals surface area contributed by atoms with Gasteiger partial charge in [0, 0.05) is 18.2 Å². The maximum atomic E-state index is 13.7. The van der Waals surface area contributed by atoms with Crippen LogP contribution in [0.1, 0.15) is 31.1 Å². The third kappa shape index (κ3) is 6.21. The zero-order valence-corrected chi connectivity index (χ0v) is 19.2.